The molecule has 4 heteroatoms. The van der Waals surface area contributed by atoms with Crippen molar-refractivity contribution >= 4 is 5.97 Å². The zero-order valence-corrected chi connectivity index (χ0v) is 11.0. The van der Waals surface area contributed by atoms with Gasteiger partial charge in [0.05, 0.1) is 6.61 Å². The van der Waals surface area contributed by atoms with Crippen molar-refractivity contribution in [3.63, 3.8) is 0 Å². The Hall–Kier alpha value is -1.42. The lowest BCUT2D eigenvalue weighted by atomic mass is 9.92. The van der Waals surface area contributed by atoms with Gasteiger partial charge >= 0.3 is 5.97 Å². The molecule has 0 aromatic carbocycles. The van der Waals surface area contributed by atoms with Crippen LogP contribution < -0.4 is 5.32 Å². The van der Waals surface area contributed by atoms with E-state index >= 15 is 0 Å². The minimum absolute atomic E-state index is 0.225. The monoisotopic (exact) mass is 248 g/mol. The summed E-state index contributed by atoms with van der Waals surface area (Å²) < 4.78 is 5.19. The maximum absolute atomic E-state index is 12.2. The Labute approximate surface area is 108 Å². The molecule has 1 fully saturated rings. The van der Waals surface area contributed by atoms with Crippen LogP contribution in [0.25, 0.3) is 0 Å². The first-order valence-corrected chi connectivity index (χ1v) is 6.49. The van der Waals surface area contributed by atoms with E-state index in [-0.39, 0.29) is 5.97 Å². The molecule has 0 radical (unpaired) electrons. The molecule has 1 unspecified atom stereocenters. The van der Waals surface area contributed by atoms with Crippen LogP contribution in [0.2, 0.25) is 0 Å². The van der Waals surface area contributed by atoms with Gasteiger partial charge in [-0.2, -0.15) is 0 Å². The van der Waals surface area contributed by atoms with E-state index in [0.29, 0.717) is 12.5 Å². The predicted octanol–water partition coefficient (Wildman–Crippen LogP) is 1.86. The number of pyridine rings is 1. The van der Waals surface area contributed by atoms with Gasteiger partial charge in [-0.25, -0.2) is 4.79 Å². The summed E-state index contributed by atoms with van der Waals surface area (Å²) in [6.45, 7) is 4.96. The van der Waals surface area contributed by atoms with Crippen molar-refractivity contribution in [2.45, 2.75) is 32.2 Å². The zero-order valence-electron chi connectivity index (χ0n) is 11.0. The topological polar surface area (TPSA) is 51.2 Å². The Kier molecular flexibility index (Phi) is 3.97. The molecule has 0 bridgehead atoms. The van der Waals surface area contributed by atoms with Crippen molar-refractivity contribution in [3.8, 4) is 0 Å². The molecule has 0 aliphatic heterocycles. The van der Waals surface area contributed by atoms with Crippen LogP contribution in [0.1, 0.15) is 32.3 Å². The van der Waals surface area contributed by atoms with Crippen molar-refractivity contribution in [2.24, 2.45) is 5.92 Å². The van der Waals surface area contributed by atoms with E-state index in [1.54, 1.807) is 12.4 Å². The van der Waals surface area contributed by atoms with E-state index in [1.807, 2.05) is 26.0 Å². The lowest BCUT2D eigenvalue weighted by Gasteiger charge is -2.29. The molecule has 1 saturated carbocycles. The Balaban J connectivity index is 2.17. The lowest BCUT2D eigenvalue weighted by molar-refractivity contribution is -0.151. The Bertz CT molecular complexity index is 404. The highest BCUT2D eigenvalue weighted by molar-refractivity contribution is 5.82. The molecule has 0 spiro atoms. The van der Waals surface area contributed by atoms with Crippen LogP contribution in [-0.2, 0) is 15.1 Å². The lowest BCUT2D eigenvalue weighted by Crippen LogP contribution is -2.48. The fraction of sp³-hybridized carbons (Fsp3) is 0.571. The molecule has 1 aliphatic rings. The first-order chi connectivity index (χ1) is 8.66. The quantitative estimate of drug-likeness (QED) is 0.781. The smallest absolute Gasteiger partial charge is 0.330 e. The van der Waals surface area contributed by atoms with Gasteiger partial charge in [0.25, 0.3) is 0 Å². The first kappa shape index (κ1) is 13.0. The van der Waals surface area contributed by atoms with Gasteiger partial charge in [-0.05, 0) is 56.8 Å². The number of aromatic nitrogens is 1. The molecule has 1 heterocycles. The summed E-state index contributed by atoms with van der Waals surface area (Å²) in [6.07, 6.45) is 5.90. The number of hydrogen-bond donors (Lipinski definition) is 1. The molecule has 1 aliphatic carbocycles. The van der Waals surface area contributed by atoms with Gasteiger partial charge in [0, 0.05) is 12.4 Å². The third kappa shape index (κ3) is 2.88. The maximum atomic E-state index is 12.2. The summed E-state index contributed by atoms with van der Waals surface area (Å²) in [7, 11) is 0. The number of esters is 1. The van der Waals surface area contributed by atoms with Crippen LogP contribution in [0.5, 0.6) is 0 Å². The van der Waals surface area contributed by atoms with Crippen molar-refractivity contribution in [1.82, 2.24) is 10.3 Å². The molecule has 2 rings (SSSR count). The van der Waals surface area contributed by atoms with Gasteiger partial charge in [0.15, 0.2) is 0 Å². The van der Waals surface area contributed by atoms with E-state index in [4.69, 9.17) is 4.74 Å². The molecule has 1 aromatic rings. The molecule has 98 valence electrons. The minimum Gasteiger partial charge on any atom is -0.464 e. The van der Waals surface area contributed by atoms with Gasteiger partial charge in [0.1, 0.15) is 5.54 Å². The van der Waals surface area contributed by atoms with Gasteiger partial charge < -0.3 is 4.74 Å². The molecule has 18 heavy (non-hydrogen) atoms. The van der Waals surface area contributed by atoms with E-state index in [2.05, 4.69) is 10.3 Å². The van der Waals surface area contributed by atoms with Crippen molar-refractivity contribution in [3.05, 3.63) is 30.1 Å². The van der Waals surface area contributed by atoms with Crippen molar-refractivity contribution in [2.75, 3.05) is 13.2 Å². The highest BCUT2D eigenvalue weighted by atomic mass is 16.5. The maximum Gasteiger partial charge on any atom is 0.330 e. The van der Waals surface area contributed by atoms with Gasteiger partial charge in [-0.3, -0.25) is 10.3 Å². The number of carbonyl (C=O) groups excluding carboxylic acids is 1. The average molecular weight is 248 g/mol. The summed E-state index contributed by atoms with van der Waals surface area (Å²) in [5.74, 6) is 0.484. The van der Waals surface area contributed by atoms with Gasteiger partial charge in [0.2, 0.25) is 0 Å². The number of hydrogen-bond acceptors (Lipinski definition) is 4. The van der Waals surface area contributed by atoms with Crippen molar-refractivity contribution in [1.29, 1.82) is 0 Å². The number of nitrogens with zero attached hydrogens (tertiary/aromatic N) is 1. The highest BCUT2D eigenvalue weighted by Gasteiger charge is 2.37. The molecule has 0 saturated heterocycles. The summed E-state index contributed by atoms with van der Waals surface area (Å²) in [6, 6.07) is 3.72. The Morgan fingerprint density at radius 3 is 2.72 bits per heavy atom. The number of ether oxygens (including phenoxy) is 1. The highest BCUT2D eigenvalue weighted by Crippen LogP contribution is 2.30. The van der Waals surface area contributed by atoms with Crippen LogP contribution in [0, 0.1) is 5.92 Å². The summed E-state index contributed by atoms with van der Waals surface area (Å²) in [5.41, 5.74) is 0.123. The normalized spacial score (nSPS) is 18.1. The van der Waals surface area contributed by atoms with Crippen LogP contribution >= 0.6 is 0 Å². The van der Waals surface area contributed by atoms with Crippen LogP contribution in [0.3, 0.4) is 0 Å². The van der Waals surface area contributed by atoms with Crippen LogP contribution in [-0.4, -0.2) is 24.1 Å². The molecular weight excluding hydrogens is 228 g/mol. The van der Waals surface area contributed by atoms with Gasteiger partial charge in [-0.1, -0.05) is 0 Å². The SMILES string of the molecule is CCOC(=O)C(C)(NCC1CC1)c1ccncc1. The second kappa shape index (κ2) is 5.48. The standard InChI is InChI=1S/C14H20N2O2/c1-3-18-13(17)14(2,16-10-11-4-5-11)12-6-8-15-9-7-12/h6-9,11,16H,3-5,10H2,1-2H3. The van der Waals surface area contributed by atoms with Crippen LogP contribution in [0.15, 0.2) is 24.5 Å². The fourth-order valence-corrected chi connectivity index (χ4v) is 1.92. The molecule has 1 atom stereocenters. The minimum atomic E-state index is -0.776. The Morgan fingerprint density at radius 1 is 1.50 bits per heavy atom. The molecule has 1 N–H and O–H groups in total. The molecular formula is C14H20N2O2. The third-order valence-electron chi connectivity index (χ3n) is 3.38. The third-order valence-corrected chi connectivity index (χ3v) is 3.38. The molecule has 4 nitrogen and oxygen atoms in total. The number of carbonyl (C=O) groups is 1. The van der Waals surface area contributed by atoms with E-state index < -0.39 is 5.54 Å². The van der Waals surface area contributed by atoms with E-state index in [0.717, 1.165) is 12.1 Å². The average Bonchev–Trinajstić information content (AvgIpc) is 3.21. The van der Waals surface area contributed by atoms with Gasteiger partial charge in [-0.15, -0.1) is 0 Å². The first-order valence-electron chi connectivity index (χ1n) is 6.49. The summed E-state index contributed by atoms with van der Waals surface area (Å²) >= 11 is 0. The number of nitrogens with one attached hydrogen (secondary N) is 1. The molecule has 1 aromatic heterocycles. The zero-order chi connectivity index (χ0) is 13.0. The Morgan fingerprint density at radius 2 is 2.17 bits per heavy atom. The molecule has 0 amide bonds. The largest absolute Gasteiger partial charge is 0.464 e. The summed E-state index contributed by atoms with van der Waals surface area (Å²) in [4.78, 5) is 16.2. The van der Waals surface area contributed by atoms with Crippen molar-refractivity contribution < 1.29 is 9.53 Å². The predicted molar refractivity (Wildman–Crippen MR) is 68.9 cm³/mol. The fourth-order valence-electron chi connectivity index (χ4n) is 1.92. The van der Waals surface area contributed by atoms with Crippen LogP contribution in [0.4, 0.5) is 0 Å². The van der Waals surface area contributed by atoms with E-state index in [1.165, 1.54) is 12.8 Å². The second-order valence-electron chi connectivity index (χ2n) is 4.91. The number of rotatable bonds is 6. The van der Waals surface area contributed by atoms with E-state index in [9.17, 15) is 4.79 Å². The summed E-state index contributed by atoms with van der Waals surface area (Å²) in [5, 5.41) is 3.36. The second-order valence-corrected chi connectivity index (χ2v) is 4.91.